The molecule has 1 N–H and O–H groups in total. The average molecular weight is 382 g/mol. The number of aliphatic imine (C=N–C) groups is 1. The topological polar surface area (TPSA) is 84.8 Å². The number of nitrogens with zero attached hydrogens (tertiary/aromatic N) is 1. The highest BCUT2D eigenvalue weighted by molar-refractivity contribution is 6.38. The van der Waals surface area contributed by atoms with E-state index in [0.29, 0.717) is 42.2 Å². The lowest BCUT2D eigenvalue weighted by molar-refractivity contribution is -0.136. The molecule has 0 fully saturated rings. The van der Waals surface area contributed by atoms with E-state index in [0.717, 1.165) is 12.8 Å². The Bertz CT molecular complexity index is 824. The van der Waals surface area contributed by atoms with Crippen molar-refractivity contribution in [1.82, 2.24) is 5.32 Å². The maximum Gasteiger partial charge on any atom is 0.252 e. The summed E-state index contributed by atoms with van der Waals surface area (Å²) in [5, 5.41) is 2.74. The predicted molar refractivity (Wildman–Crippen MR) is 108 cm³/mol. The van der Waals surface area contributed by atoms with Gasteiger partial charge in [0.15, 0.2) is 5.78 Å². The van der Waals surface area contributed by atoms with Crippen LogP contribution < -0.4 is 5.32 Å². The number of fused-ring (bicyclic) bond motifs is 1. The zero-order valence-electron chi connectivity index (χ0n) is 16.4. The second kappa shape index (κ2) is 10.3. The minimum atomic E-state index is -0.824. The molecule has 6 nitrogen and oxygen atoms in total. The molecule has 148 valence electrons. The van der Waals surface area contributed by atoms with Crippen LogP contribution in [0.2, 0.25) is 0 Å². The van der Waals surface area contributed by atoms with E-state index >= 15 is 0 Å². The van der Waals surface area contributed by atoms with E-state index in [1.165, 1.54) is 6.92 Å². The van der Waals surface area contributed by atoms with Gasteiger partial charge in [-0.1, -0.05) is 37.3 Å². The SMILES string of the molecule is C=C/C=C1\N=C(/C)c2ccccc2C(=O)N[C@H](C(=O)C(C)=O)CCCCCO1. The molecule has 0 bridgehead atoms. The minimum absolute atomic E-state index is 0.389. The highest BCUT2D eigenvalue weighted by Crippen LogP contribution is 2.15. The highest BCUT2D eigenvalue weighted by atomic mass is 16.5. The van der Waals surface area contributed by atoms with Gasteiger partial charge in [0.1, 0.15) is 0 Å². The number of ketones is 2. The molecular formula is C22H26N2O4. The number of ether oxygens (including phenoxy) is 1. The molecule has 1 heterocycles. The number of nitrogens with one attached hydrogen (secondary N) is 1. The van der Waals surface area contributed by atoms with Crippen LogP contribution in [-0.2, 0) is 14.3 Å². The third-order valence-corrected chi connectivity index (χ3v) is 4.46. The summed E-state index contributed by atoms with van der Waals surface area (Å²) in [4.78, 5) is 41.2. The molecule has 0 saturated carbocycles. The van der Waals surface area contributed by atoms with Crippen molar-refractivity contribution < 1.29 is 19.1 Å². The van der Waals surface area contributed by atoms with Gasteiger partial charge in [-0.3, -0.25) is 14.4 Å². The standard InChI is InChI=1S/C22H26N2O4/c1-4-10-20-23-15(2)17-11-7-8-12-18(17)22(27)24-19(21(26)16(3)25)13-6-5-9-14-28-20/h4,7-8,10-12,19H,1,5-6,9,13-14H2,2-3H3,(H,24,27)/b20-10+,23-15+/t19-/m0/s1. The van der Waals surface area contributed by atoms with Crippen LogP contribution in [0.25, 0.3) is 0 Å². The smallest absolute Gasteiger partial charge is 0.252 e. The van der Waals surface area contributed by atoms with Gasteiger partial charge in [-0.05, 0) is 38.3 Å². The van der Waals surface area contributed by atoms with Crippen molar-refractivity contribution in [3.63, 3.8) is 0 Å². The summed E-state index contributed by atoms with van der Waals surface area (Å²) >= 11 is 0. The molecular weight excluding hydrogens is 356 g/mol. The molecule has 1 aliphatic rings. The molecule has 0 aliphatic carbocycles. The summed E-state index contributed by atoms with van der Waals surface area (Å²) in [5.74, 6) is -1.10. The molecule has 28 heavy (non-hydrogen) atoms. The second-order valence-electron chi connectivity index (χ2n) is 6.63. The van der Waals surface area contributed by atoms with Crippen molar-refractivity contribution in [2.75, 3.05) is 6.61 Å². The third-order valence-electron chi connectivity index (χ3n) is 4.46. The van der Waals surface area contributed by atoms with Gasteiger partial charge in [0.05, 0.1) is 12.6 Å². The number of carbonyl (C=O) groups is 3. The molecule has 0 unspecified atom stereocenters. The first-order valence-corrected chi connectivity index (χ1v) is 9.40. The van der Waals surface area contributed by atoms with E-state index in [4.69, 9.17) is 4.74 Å². The third kappa shape index (κ3) is 5.74. The van der Waals surface area contributed by atoms with Crippen molar-refractivity contribution in [2.24, 2.45) is 4.99 Å². The predicted octanol–water partition coefficient (Wildman–Crippen LogP) is 3.37. The van der Waals surface area contributed by atoms with Crippen LogP contribution in [0.15, 0.2) is 53.9 Å². The Hall–Kier alpha value is -3.02. The Labute approximate surface area is 165 Å². The summed E-state index contributed by atoms with van der Waals surface area (Å²) < 4.78 is 5.73. The number of rotatable bonds is 3. The Morgan fingerprint density at radius 1 is 1.21 bits per heavy atom. The number of hydrogen-bond acceptors (Lipinski definition) is 5. The maximum atomic E-state index is 12.9. The second-order valence-corrected chi connectivity index (χ2v) is 6.63. The number of carbonyl (C=O) groups excluding carboxylic acids is 3. The zero-order valence-corrected chi connectivity index (χ0v) is 16.4. The van der Waals surface area contributed by atoms with Crippen LogP contribution in [-0.4, -0.2) is 35.8 Å². The van der Waals surface area contributed by atoms with Crippen LogP contribution in [0, 0.1) is 0 Å². The first kappa shape index (κ1) is 21.3. The van der Waals surface area contributed by atoms with Gasteiger partial charge >= 0.3 is 0 Å². The molecule has 0 spiro atoms. The fourth-order valence-corrected chi connectivity index (χ4v) is 2.99. The molecule has 1 aromatic rings. The van der Waals surface area contributed by atoms with Crippen molar-refractivity contribution in [1.29, 1.82) is 0 Å². The summed E-state index contributed by atoms with van der Waals surface area (Å²) in [6.45, 7) is 7.18. The van der Waals surface area contributed by atoms with Crippen LogP contribution in [0.5, 0.6) is 0 Å². The fraction of sp³-hybridized carbons (Fsp3) is 0.364. The van der Waals surface area contributed by atoms with E-state index in [1.54, 1.807) is 37.3 Å². The summed E-state index contributed by atoms with van der Waals surface area (Å²) in [5.41, 5.74) is 1.62. The Kier molecular flexibility index (Phi) is 7.87. The average Bonchev–Trinajstić information content (AvgIpc) is 2.68. The molecule has 1 aromatic carbocycles. The number of allylic oxidation sites excluding steroid dienone is 2. The lowest BCUT2D eigenvalue weighted by Crippen LogP contribution is -2.43. The number of Topliss-reactive ketones (excluding diaryl/α,β-unsaturated/α-hetero) is 2. The van der Waals surface area contributed by atoms with Crippen LogP contribution in [0.1, 0.15) is 55.5 Å². The summed E-state index contributed by atoms with van der Waals surface area (Å²) in [6.07, 6.45) is 5.96. The van der Waals surface area contributed by atoms with Crippen molar-refractivity contribution in [3.05, 3.63) is 60.0 Å². The Morgan fingerprint density at radius 3 is 2.61 bits per heavy atom. The zero-order chi connectivity index (χ0) is 20.5. The molecule has 1 amide bonds. The number of benzene rings is 1. The van der Waals surface area contributed by atoms with Crippen molar-refractivity contribution in [2.45, 2.75) is 45.6 Å². The van der Waals surface area contributed by atoms with E-state index in [2.05, 4.69) is 16.9 Å². The van der Waals surface area contributed by atoms with Crippen LogP contribution in [0.4, 0.5) is 0 Å². The Morgan fingerprint density at radius 2 is 1.93 bits per heavy atom. The van der Waals surface area contributed by atoms with Gasteiger partial charge in [-0.15, -0.1) is 0 Å². The lowest BCUT2D eigenvalue weighted by atomic mass is 9.99. The molecule has 0 aromatic heterocycles. The highest BCUT2D eigenvalue weighted by Gasteiger charge is 2.25. The Balaban J connectivity index is 2.44. The number of hydrogen-bond donors (Lipinski definition) is 1. The van der Waals surface area contributed by atoms with Crippen LogP contribution >= 0.6 is 0 Å². The molecule has 1 aliphatic heterocycles. The lowest BCUT2D eigenvalue weighted by Gasteiger charge is -2.18. The van der Waals surface area contributed by atoms with Gasteiger partial charge in [0.25, 0.3) is 5.91 Å². The molecule has 0 radical (unpaired) electrons. The van der Waals surface area contributed by atoms with E-state index in [9.17, 15) is 14.4 Å². The van der Waals surface area contributed by atoms with Crippen molar-refractivity contribution >= 4 is 23.2 Å². The molecule has 6 heteroatoms. The van der Waals surface area contributed by atoms with Gasteiger partial charge in [-0.2, -0.15) is 0 Å². The van der Waals surface area contributed by atoms with E-state index < -0.39 is 23.5 Å². The summed E-state index contributed by atoms with van der Waals surface area (Å²) in [7, 11) is 0. The maximum absolute atomic E-state index is 12.9. The van der Waals surface area contributed by atoms with Gasteiger partial charge < -0.3 is 10.1 Å². The number of amides is 1. The molecule has 1 atom stereocenters. The van der Waals surface area contributed by atoms with Gasteiger partial charge in [0, 0.05) is 23.8 Å². The normalized spacial score (nSPS) is 21.9. The largest absolute Gasteiger partial charge is 0.478 e. The quantitative estimate of drug-likeness (QED) is 0.812. The van der Waals surface area contributed by atoms with Crippen molar-refractivity contribution in [3.8, 4) is 0 Å². The molecule has 0 saturated heterocycles. The first-order chi connectivity index (χ1) is 13.4. The van der Waals surface area contributed by atoms with E-state index in [1.807, 2.05) is 6.07 Å². The monoisotopic (exact) mass is 382 g/mol. The van der Waals surface area contributed by atoms with E-state index in [-0.39, 0.29) is 0 Å². The first-order valence-electron chi connectivity index (χ1n) is 9.40. The van der Waals surface area contributed by atoms with Crippen LogP contribution in [0.3, 0.4) is 0 Å². The van der Waals surface area contributed by atoms with Gasteiger partial charge in [0.2, 0.25) is 11.7 Å². The summed E-state index contributed by atoms with van der Waals surface area (Å²) in [6, 6.07) is 6.18. The molecule has 2 rings (SSSR count). The van der Waals surface area contributed by atoms with Gasteiger partial charge in [-0.25, -0.2) is 4.99 Å². The fourth-order valence-electron chi connectivity index (χ4n) is 2.99. The minimum Gasteiger partial charge on any atom is -0.478 e.